The summed E-state index contributed by atoms with van der Waals surface area (Å²) < 4.78 is 0. The van der Waals surface area contributed by atoms with Crippen molar-refractivity contribution in [3.8, 4) is 0 Å². The van der Waals surface area contributed by atoms with Crippen LogP contribution in [0.4, 0.5) is 0 Å². The van der Waals surface area contributed by atoms with Gasteiger partial charge in [-0.15, -0.1) is 0 Å². The molecule has 2 N–H and O–H groups in total. The van der Waals surface area contributed by atoms with Gasteiger partial charge >= 0.3 is 0 Å². The first-order valence-corrected chi connectivity index (χ1v) is 5.46. The third-order valence-corrected chi connectivity index (χ3v) is 3.26. The number of nitrogens with one attached hydrogen (secondary N) is 2. The molecule has 3 nitrogen and oxygen atoms in total. The zero-order chi connectivity index (χ0) is 9.97. The van der Waals surface area contributed by atoms with E-state index in [9.17, 15) is 0 Å². The van der Waals surface area contributed by atoms with Crippen LogP contribution >= 0.6 is 23.4 Å². The van der Waals surface area contributed by atoms with Gasteiger partial charge in [-0.2, -0.15) is 0 Å². The number of hydrogen-bond donors (Lipinski definition) is 2. The highest BCUT2D eigenvalue weighted by molar-refractivity contribution is 8.14. The van der Waals surface area contributed by atoms with Crippen molar-refractivity contribution in [3.05, 3.63) is 34.9 Å². The summed E-state index contributed by atoms with van der Waals surface area (Å²) in [5.41, 5.74) is 7.27. The fraction of sp³-hybridized carbons (Fsp3) is 0.222. The number of benzene rings is 1. The third-order valence-electron chi connectivity index (χ3n) is 1.89. The SMILES string of the molecule is CN=C1NNC(c2cccc(Cl)c2)S1. The minimum Gasteiger partial charge on any atom is -0.299 e. The van der Waals surface area contributed by atoms with E-state index in [0.717, 1.165) is 15.8 Å². The molecule has 1 heterocycles. The Morgan fingerprint density at radius 2 is 2.36 bits per heavy atom. The zero-order valence-electron chi connectivity index (χ0n) is 7.62. The average Bonchev–Trinajstić information content (AvgIpc) is 2.66. The van der Waals surface area contributed by atoms with Crippen molar-refractivity contribution < 1.29 is 0 Å². The Bertz CT molecular complexity index is 367. The molecule has 14 heavy (non-hydrogen) atoms. The van der Waals surface area contributed by atoms with Crippen LogP contribution in [0.15, 0.2) is 29.3 Å². The van der Waals surface area contributed by atoms with E-state index in [-0.39, 0.29) is 5.37 Å². The standard InChI is InChI=1S/C9H10ClN3S/c1-11-9-13-12-8(14-9)6-3-2-4-7(10)5-6/h2-5,8,12H,1H3,(H,11,13). The van der Waals surface area contributed by atoms with Crippen LogP contribution in [0.25, 0.3) is 0 Å². The van der Waals surface area contributed by atoms with E-state index in [0.29, 0.717) is 0 Å². The molecule has 0 saturated carbocycles. The molecule has 0 aromatic heterocycles. The van der Waals surface area contributed by atoms with E-state index in [2.05, 4.69) is 15.8 Å². The molecule has 1 aliphatic rings. The number of hydrogen-bond acceptors (Lipinski definition) is 3. The van der Waals surface area contributed by atoms with Crippen LogP contribution in [0, 0.1) is 0 Å². The normalized spacial score (nSPS) is 23.9. The van der Waals surface area contributed by atoms with E-state index in [1.54, 1.807) is 18.8 Å². The second-order valence-corrected chi connectivity index (χ2v) is 4.38. The van der Waals surface area contributed by atoms with Crippen LogP contribution in [0.1, 0.15) is 10.9 Å². The molecule has 1 aromatic rings. The van der Waals surface area contributed by atoms with Crippen molar-refractivity contribution in [2.45, 2.75) is 5.37 Å². The predicted molar refractivity (Wildman–Crippen MR) is 61.4 cm³/mol. The number of aliphatic imine (C=N–C) groups is 1. The van der Waals surface area contributed by atoms with Gasteiger partial charge in [-0.25, -0.2) is 5.43 Å². The van der Waals surface area contributed by atoms with Crippen molar-refractivity contribution >= 4 is 28.5 Å². The van der Waals surface area contributed by atoms with Crippen LogP contribution in [0.3, 0.4) is 0 Å². The van der Waals surface area contributed by atoms with Gasteiger partial charge in [0.2, 0.25) is 0 Å². The van der Waals surface area contributed by atoms with Gasteiger partial charge in [-0.1, -0.05) is 35.5 Å². The minimum absolute atomic E-state index is 0.187. The summed E-state index contributed by atoms with van der Waals surface area (Å²) in [7, 11) is 1.76. The third kappa shape index (κ3) is 2.03. The van der Waals surface area contributed by atoms with Crippen molar-refractivity contribution in [2.75, 3.05) is 7.05 Å². The summed E-state index contributed by atoms with van der Waals surface area (Å²) >= 11 is 7.55. The first-order valence-electron chi connectivity index (χ1n) is 4.20. The van der Waals surface area contributed by atoms with E-state index in [4.69, 9.17) is 11.6 Å². The van der Waals surface area contributed by atoms with Crippen LogP contribution in [0.5, 0.6) is 0 Å². The van der Waals surface area contributed by atoms with Gasteiger partial charge in [0.25, 0.3) is 0 Å². The lowest BCUT2D eigenvalue weighted by molar-refractivity contribution is 0.665. The van der Waals surface area contributed by atoms with Gasteiger partial charge in [0.05, 0.1) is 0 Å². The quantitative estimate of drug-likeness (QED) is 0.772. The van der Waals surface area contributed by atoms with Crippen molar-refractivity contribution in [2.24, 2.45) is 4.99 Å². The molecule has 5 heteroatoms. The number of halogens is 1. The van der Waals surface area contributed by atoms with Crippen LogP contribution < -0.4 is 10.9 Å². The fourth-order valence-corrected chi connectivity index (χ4v) is 2.27. The Morgan fingerprint density at radius 1 is 1.50 bits per heavy atom. The summed E-state index contributed by atoms with van der Waals surface area (Å²) in [6.45, 7) is 0. The average molecular weight is 228 g/mol. The second-order valence-electron chi connectivity index (χ2n) is 2.85. The zero-order valence-corrected chi connectivity index (χ0v) is 9.19. The van der Waals surface area contributed by atoms with Crippen molar-refractivity contribution in [1.82, 2.24) is 10.9 Å². The van der Waals surface area contributed by atoms with Crippen LogP contribution in [-0.4, -0.2) is 12.2 Å². The monoisotopic (exact) mass is 227 g/mol. The molecule has 1 fully saturated rings. The molecule has 1 unspecified atom stereocenters. The molecule has 1 aromatic carbocycles. The number of amidine groups is 1. The molecular weight excluding hydrogens is 218 g/mol. The first kappa shape index (κ1) is 9.83. The molecule has 0 spiro atoms. The number of nitrogens with zero attached hydrogens (tertiary/aromatic N) is 1. The Morgan fingerprint density at radius 3 is 3.00 bits per heavy atom. The lowest BCUT2D eigenvalue weighted by Gasteiger charge is -2.07. The van der Waals surface area contributed by atoms with Crippen LogP contribution in [-0.2, 0) is 0 Å². The van der Waals surface area contributed by atoms with E-state index in [1.807, 2.05) is 24.3 Å². The predicted octanol–water partition coefficient (Wildman–Crippen LogP) is 2.17. The molecule has 0 aliphatic carbocycles. The molecule has 1 atom stereocenters. The summed E-state index contributed by atoms with van der Waals surface area (Å²) in [5.74, 6) is 0. The molecule has 0 bridgehead atoms. The molecular formula is C9H10ClN3S. The molecule has 1 aliphatic heterocycles. The lowest BCUT2D eigenvalue weighted by Crippen LogP contribution is -2.27. The molecule has 1 saturated heterocycles. The largest absolute Gasteiger partial charge is 0.299 e. The van der Waals surface area contributed by atoms with Gasteiger partial charge < -0.3 is 0 Å². The Kier molecular flexibility index (Phi) is 2.96. The highest BCUT2D eigenvalue weighted by Crippen LogP contribution is 2.30. The molecule has 74 valence electrons. The van der Waals surface area contributed by atoms with Crippen molar-refractivity contribution in [1.29, 1.82) is 0 Å². The summed E-state index contributed by atoms with van der Waals surface area (Å²) in [4.78, 5) is 4.06. The first-order chi connectivity index (χ1) is 6.79. The number of hydrazine groups is 1. The fourth-order valence-electron chi connectivity index (χ4n) is 1.23. The second kappa shape index (κ2) is 4.21. The number of thioether (sulfide) groups is 1. The molecule has 0 radical (unpaired) electrons. The Labute approximate surface area is 91.9 Å². The highest BCUT2D eigenvalue weighted by Gasteiger charge is 2.21. The van der Waals surface area contributed by atoms with E-state index < -0.39 is 0 Å². The maximum absolute atomic E-state index is 5.91. The van der Waals surface area contributed by atoms with Gasteiger partial charge in [0.15, 0.2) is 5.17 Å². The maximum Gasteiger partial charge on any atom is 0.172 e. The molecule has 2 rings (SSSR count). The smallest absolute Gasteiger partial charge is 0.172 e. The van der Waals surface area contributed by atoms with Crippen molar-refractivity contribution in [3.63, 3.8) is 0 Å². The maximum atomic E-state index is 5.91. The van der Waals surface area contributed by atoms with Crippen LogP contribution in [0.2, 0.25) is 5.02 Å². The summed E-state index contributed by atoms with van der Waals surface area (Å²) in [6.07, 6.45) is 0. The number of rotatable bonds is 1. The summed E-state index contributed by atoms with van der Waals surface area (Å²) in [6, 6.07) is 7.80. The Hall–Kier alpha value is -0.710. The Balaban J connectivity index is 2.17. The minimum atomic E-state index is 0.187. The van der Waals surface area contributed by atoms with E-state index in [1.165, 1.54) is 0 Å². The van der Waals surface area contributed by atoms with Gasteiger partial charge in [0, 0.05) is 12.1 Å². The highest BCUT2D eigenvalue weighted by atomic mass is 35.5. The lowest BCUT2D eigenvalue weighted by atomic mass is 10.2. The molecule has 0 amide bonds. The topological polar surface area (TPSA) is 36.4 Å². The van der Waals surface area contributed by atoms with Gasteiger partial charge in [0.1, 0.15) is 5.37 Å². The van der Waals surface area contributed by atoms with E-state index >= 15 is 0 Å². The van der Waals surface area contributed by atoms with Gasteiger partial charge in [-0.05, 0) is 17.7 Å². The summed E-state index contributed by atoms with van der Waals surface area (Å²) in [5, 5.41) is 1.84. The van der Waals surface area contributed by atoms with Gasteiger partial charge in [-0.3, -0.25) is 10.4 Å².